The fourth-order valence-electron chi connectivity index (χ4n) is 4.67. The Morgan fingerprint density at radius 1 is 1.11 bits per heavy atom. The summed E-state index contributed by atoms with van der Waals surface area (Å²) in [6, 6.07) is 5.34. The Hall–Kier alpha value is -2.28. The number of carboxylic acid groups (broad SMARTS) is 1. The van der Waals surface area contributed by atoms with Crippen LogP contribution in [0.2, 0.25) is 0 Å². The Bertz CT molecular complexity index is 721. The van der Waals surface area contributed by atoms with Gasteiger partial charge in [0.2, 0.25) is 0 Å². The van der Waals surface area contributed by atoms with Crippen molar-refractivity contribution < 1.29 is 28.9 Å². The maximum Gasteiger partial charge on any atom is 0.338 e. The lowest BCUT2D eigenvalue weighted by molar-refractivity contribution is -0.141. The number of carbonyl (C=O) groups is 2. The molecular weight excluding hydrogens is 362 g/mol. The molecule has 0 radical (unpaired) electrons. The van der Waals surface area contributed by atoms with E-state index < -0.39 is 11.9 Å². The van der Waals surface area contributed by atoms with Gasteiger partial charge < -0.3 is 19.3 Å². The minimum atomic E-state index is -0.776. The molecule has 0 aliphatic carbocycles. The number of benzene rings is 1. The van der Waals surface area contributed by atoms with Crippen LogP contribution in [0.15, 0.2) is 18.2 Å². The summed E-state index contributed by atoms with van der Waals surface area (Å²) < 4.78 is 16.3. The van der Waals surface area contributed by atoms with Gasteiger partial charge in [-0.2, -0.15) is 0 Å². The first-order valence-corrected chi connectivity index (χ1v) is 9.86. The molecule has 0 aromatic heterocycles. The van der Waals surface area contributed by atoms with Gasteiger partial charge in [-0.3, -0.25) is 9.69 Å². The number of hydrogen-bond acceptors (Lipinski definition) is 6. The van der Waals surface area contributed by atoms with Gasteiger partial charge in [0.25, 0.3) is 0 Å². The van der Waals surface area contributed by atoms with Crippen LogP contribution in [0.25, 0.3) is 0 Å². The molecule has 2 saturated heterocycles. The zero-order valence-corrected chi connectivity index (χ0v) is 16.7. The van der Waals surface area contributed by atoms with Crippen molar-refractivity contribution in [3.8, 4) is 11.5 Å². The fraction of sp³-hybridized carbons (Fsp3) is 0.619. The molecule has 1 aromatic carbocycles. The zero-order chi connectivity index (χ0) is 20.3. The van der Waals surface area contributed by atoms with Gasteiger partial charge in [0.15, 0.2) is 11.5 Å². The smallest absolute Gasteiger partial charge is 0.338 e. The number of aliphatic carboxylic acids is 1. The monoisotopic (exact) mass is 391 g/mol. The summed E-state index contributed by atoms with van der Waals surface area (Å²) in [4.78, 5) is 26.3. The zero-order valence-electron chi connectivity index (χ0n) is 16.7. The minimum absolute atomic E-state index is 0.00695. The molecule has 0 unspecified atom stereocenters. The molecule has 3 rings (SSSR count). The highest BCUT2D eigenvalue weighted by molar-refractivity contribution is 5.90. The second-order valence-electron chi connectivity index (χ2n) is 7.62. The molecule has 2 aliphatic rings. The van der Waals surface area contributed by atoms with Crippen molar-refractivity contribution in [2.24, 2.45) is 0 Å². The van der Waals surface area contributed by atoms with E-state index in [1.807, 2.05) is 6.92 Å². The molecule has 7 nitrogen and oxygen atoms in total. The second-order valence-corrected chi connectivity index (χ2v) is 7.62. The molecule has 1 N–H and O–H groups in total. The first-order valence-electron chi connectivity index (χ1n) is 9.86. The van der Waals surface area contributed by atoms with Crippen LogP contribution in [0.5, 0.6) is 11.5 Å². The van der Waals surface area contributed by atoms with E-state index in [-0.39, 0.29) is 24.6 Å². The summed E-state index contributed by atoms with van der Waals surface area (Å²) in [5, 5.41) is 9.26. The standard InChI is InChI=1S/C21H29NO6/c1-13-17(10-8-15-5-4-6-16(22(13)15)12-20(23)24)28-21(25)14-7-9-18(26-2)19(11-14)27-3/h7,9,11,13,15-17H,4-6,8,10,12H2,1-3H3,(H,23,24)/t13-,15-,16+,17+/m0/s1. The van der Waals surface area contributed by atoms with Crippen molar-refractivity contribution in [1.29, 1.82) is 0 Å². The van der Waals surface area contributed by atoms with Gasteiger partial charge in [0, 0.05) is 18.1 Å². The Balaban J connectivity index is 1.72. The molecule has 1 aromatic rings. The lowest BCUT2D eigenvalue weighted by Crippen LogP contribution is -2.59. The maximum atomic E-state index is 12.7. The molecule has 2 heterocycles. The van der Waals surface area contributed by atoms with Crippen molar-refractivity contribution in [1.82, 2.24) is 4.90 Å². The number of esters is 1. The van der Waals surface area contributed by atoms with Crippen LogP contribution < -0.4 is 9.47 Å². The van der Waals surface area contributed by atoms with Gasteiger partial charge >= 0.3 is 11.9 Å². The van der Waals surface area contributed by atoms with Crippen LogP contribution >= 0.6 is 0 Å². The summed E-state index contributed by atoms with van der Waals surface area (Å²) in [5.41, 5.74) is 0.410. The third-order valence-corrected chi connectivity index (χ3v) is 6.00. The summed E-state index contributed by atoms with van der Waals surface area (Å²) in [7, 11) is 3.07. The van der Waals surface area contributed by atoms with E-state index >= 15 is 0 Å². The Morgan fingerprint density at radius 3 is 2.54 bits per heavy atom. The molecule has 0 amide bonds. The molecule has 2 aliphatic heterocycles. The number of nitrogens with zero attached hydrogens (tertiary/aromatic N) is 1. The maximum absolute atomic E-state index is 12.7. The van der Waals surface area contributed by atoms with Crippen LogP contribution in [0.3, 0.4) is 0 Å². The van der Waals surface area contributed by atoms with Gasteiger partial charge in [-0.1, -0.05) is 6.42 Å². The van der Waals surface area contributed by atoms with Crippen molar-refractivity contribution in [2.75, 3.05) is 14.2 Å². The van der Waals surface area contributed by atoms with E-state index in [0.717, 1.165) is 32.1 Å². The van der Waals surface area contributed by atoms with Crippen molar-refractivity contribution >= 4 is 11.9 Å². The second kappa shape index (κ2) is 8.82. The summed E-state index contributed by atoms with van der Waals surface area (Å²) in [6.07, 6.45) is 4.61. The number of carbonyl (C=O) groups excluding carboxylic acids is 1. The van der Waals surface area contributed by atoms with E-state index in [4.69, 9.17) is 14.2 Å². The molecule has 0 spiro atoms. The molecule has 7 heteroatoms. The largest absolute Gasteiger partial charge is 0.493 e. The fourth-order valence-corrected chi connectivity index (χ4v) is 4.67. The molecule has 2 fully saturated rings. The molecule has 154 valence electrons. The number of rotatable bonds is 6. The van der Waals surface area contributed by atoms with Gasteiger partial charge in [0.05, 0.1) is 26.2 Å². The highest BCUT2D eigenvalue weighted by Crippen LogP contribution is 2.36. The number of fused-ring (bicyclic) bond motifs is 1. The number of methoxy groups -OCH3 is 2. The number of ether oxygens (including phenoxy) is 3. The summed E-state index contributed by atoms with van der Waals surface area (Å²) in [6.45, 7) is 2.04. The van der Waals surface area contributed by atoms with Gasteiger partial charge in [0.1, 0.15) is 6.10 Å². The SMILES string of the molecule is COc1ccc(C(=O)O[C@@H]2CC[C@@H]3CCC[C@H](CC(=O)O)N3[C@H]2C)cc1OC. The van der Waals surface area contributed by atoms with Crippen LogP contribution in [-0.2, 0) is 9.53 Å². The van der Waals surface area contributed by atoms with Crippen LogP contribution in [-0.4, -0.2) is 60.4 Å². The predicted octanol–water partition coefficient (Wildman–Crippen LogP) is 3.11. The average Bonchev–Trinajstić information content (AvgIpc) is 2.69. The van der Waals surface area contributed by atoms with Crippen molar-refractivity contribution in [3.05, 3.63) is 23.8 Å². The lowest BCUT2D eigenvalue weighted by atomic mass is 9.83. The van der Waals surface area contributed by atoms with Gasteiger partial charge in [-0.05, 0) is 50.8 Å². The normalized spacial score (nSPS) is 27.5. The van der Waals surface area contributed by atoms with Crippen molar-refractivity contribution in [3.63, 3.8) is 0 Å². The number of piperidine rings is 2. The molecule has 28 heavy (non-hydrogen) atoms. The van der Waals surface area contributed by atoms with E-state index in [0.29, 0.717) is 23.1 Å². The first-order chi connectivity index (χ1) is 13.4. The number of carboxylic acids is 1. The van der Waals surface area contributed by atoms with Crippen LogP contribution in [0.1, 0.15) is 55.8 Å². The highest BCUT2D eigenvalue weighted by atomic mass is 16.5. The molecule has 0 bridgehead atoms. The van der Waals surface area contributed by atoms with E-state index in [1.165, 1.54) is 7.11 Å². The van der Waals surface area contributed by atoms with E-state index in [1.54, 1.807) is 25.3 Å². The molecule has 4 atom stereocenters. The quantitative estimate of drug-likeness (QED) is 0.746. The van der Waals surface area contributed by atoms with Gasteiger partial charge in [-0.25, -0.2) is 4.79 Å². The van der Waals surface area contributed by atoms with E-state index in [2.05, 4.69) is 4.90 Å². The minimum Gasteiger partial charge on any atom is -0.493 e. The van der Waals surface area contributed by atoms with Gasteiger partial charge in [-0.15, -0.1) is 0 Å². The third kappa shape index (κ3) is 4.24. The lowest BCUT2D eigenvalue weighted by Gasteiger charge is -2.50. The average molecular weight is 391 g/mol. The predicted molar refractivity (Wildman–Crippen MR) is 103 cm³/mol. The molecule has 0 saturated carbocycles. The van der Waals surface area contributed by atoms with Crippen LogP contribution in [0, 0.1) is 0 Å². The molecular formula is C21H29NO6. The first kappa shape index (κ1) is 20.5. The van der Waals surface area contributed by atoms with Crippen molar-refractivity contribution in [2.45, 2.75) is 69.7 Å². The number of hydrogen-bond donors (Lipinski definition) is 1. The third-order valence-electron chi connectivity index (χ3n) is 6.00. The van der Waals surface area contributed by atoms with E-state index in [9.17, 15) is 14.7 Å². The summed E-state index contributed by atoms with van der Waals surface area (Å²) in [5.74, 6) is -0.144. The Kier molecular flexibility index (Phi) is 6.44. The highest BCUT2D eigenvalue weighted by Gasteiger charge is 2.42. The van der Waals surface area contributed by atoms with Crippen LogP contribution in [0.4, 0.5) is 0 Å². The Labute approximate surface area is 165 Å². The summed E-state index contributed by atoms with van der Waals surface area (Å²) >= 11 is 0. The Morgan fingerprint density at radius 2 is 1.86 bits per heavy atom. The topological polar surface area (TPSA) is 85.3 Å².